The summed E-state index contributed by atoms with van der Waals surface area (Å²) in [6, 6.07) is 33.7. The molecule has 1 N–H and O–H groups in total. The van der Waals surface area contributed by atoms with Crippen LogP contribution < -0.4 is 14.9 Å². The molecule has 212 valence electrons. The average Bonchev–Trinajstić information content (AvgIpc) is 3.45. The van der Waals surface area contributed by atoms with E-state index in [4.69, 9.17) is 14.6 Å². The number of hydrogen-bond donors (Lipinski definition) is 1. The number of nitrogens with zero attached hydrogens (tertiary/aromatic N) is 3. The molecular weight excluding hydrogens is 524 g/mol. The van der Waals surface area contributed by atoms with Crippen molar-refractivity contribution in [3.8, 4) is 28.4 Å². The minimum Gasteiger partial charge on any atom is -0.489 e. The zero-order valence-corrected chi connectivity index (χ0v) is 24.0. The van der Waals surface area contributed by atoms with E-state index >= 15 is 0 Å². The fourth-order valence-electron chi connectivity index (χ4n) is 4.35. The highest BCUT2D eigenvalue weighted by Gasteiger charge is 2.12. The van der Waals surface area contributed by atoms with Crippen molar-refractivity contribution in [1.29, 1.82) is 0 Å². The largest absolute Gasteiger partial charge is 0.489 e. The maximum Gasteiger partial charge on any atom is 0.277 e. The number of carbonyl (C=O) groups is 1. The van der Waals surface area contributed by atoms with Crippen molar-refractivity contribution >= 4 is 12.1 Å². The molecule has 0 aliphatic carbocycles. The van der Waals surface area contributed by atoms with Gasteiger partial charge in [-0.05, 0) is 72.0 Å². The third-order valence-corrected chi connectivity index (χ3v) is 6.77. The Bertz CT molecular complexity index is 1640. The van der Waals surface area contributed by atoms with E-state index in [2.05, 4.69) is 30.4 Å². The topological polar surface area (TPSA) is 77.7 Å². The summed E-state index contributed by atoms with van der Waals surface area (Å²) in [5.74, 6) is 1.48. The van der Waals surface area contributed by atoms with Crippen LogP contribution in [0.1, 0.15) is 42.0 Å². The third-order valence-electron chi connectivity index (χ3n) is 6.77. The van der Waals surface area contributed by atoms with E-state index in [1.54, 1.807) is 10.9 Å². The fourth-order valence-corrected chi connectivity index (χ4v) is 4.35. The van der Waals surface area contributed by atoms with Gasteiger partial charge in [-0.2, -0.15) is 10.2 Å². The van der Waals surface area contributed by atoms with E-state index in [1.807, 2.05) is 110 Å². The first-order valence-electron chi connectivity index (χ1n) is 13.9. The molecule has 1 heterocycles. The number of carbonyl (C=O) groups excluding carboxylic acids is 1. The molecule has 0 atom stereocenters. The Kier molecular flexibility index (Phi) is 9.09. The summed E-state index contributed by atoms with van der Waals surface area (Å²) in [5.41, 5.74) is 9.10. The first-order valence-corrected chi connectivity index (χ1v) is 13.9. The lowest BCUT2D eigenvalue weighted by Crippen LogP contribution is -2.24. The highest BCUT2D eigenvalue weighted by atomic mass is 16.5. The van der Waals surface area contributed by atoms with Gasteiger partial charge in [-0.1, -0.05) is 74.5 Å². The Morgan fingerprint density at radius 1 is 0.929 bits per heavy atom. The monoisotopic (exact) mass is 558 g/mol. The van der Waals surface area contributed by atoms with Gasteiger partial charge in [0.1, 0.15) is 23.8 Å². The molecule has 7 heteroatoms. The van der Waals surface area contributed by atoms with Crippen LogP contribution in [0.25, 0.3) is 16.9 Å². The number of para-hydroxylation sites is 1. The number of ether oxygens (including phenoxy) is 2. The van der Waals surface area contributed by atoms with Gasteiger partial charge in [-0.25, -0.2) is 10.1 Å². The quantitative estimate of drug-likeness (QED) is 0.139. The normalized spacial score (nSPS) is 11.1. The van der Waals surface area contributed by atoms with Gasteiger partial charge < -0.3 is 9.47 Å². The molecule has 7 nitrogen and oxygen atoms in total. The number of hydrazone groups is 1. The van der Waals surface area contributed by atoms with Crippen molar-refractivity contribution < 1.29 is 14.3 Å². The predicted octanol–water partition coefficient (Wildman–Crippen LogP) is 7.08. The molecule has 4 aromatic carbocycles. The summed E-state index contributed by atoms with van der Waals surface area (Å²) in [6.07, 6.45) is 3.49. The SMILES string of the molecule is Cc1ccc(C(C)C)cc1OCC(=O)NN=Cc1cn(-c2ccccc2)nc1-c1ccc(OCc2ccccc2)cc1. The smallest absolute Gasteiger partial charge is 0.277 e. The number of aryl methyl sites for hydroxylation is 1. The number of rotatable bonds is 11. The molecule has 0 aliphatic heterocycles. The van der Waals surface area contributed by atoms with Gasteiger partial charge in [0.25, 0.3) is 5.91 Å². The molecule has 0 saturated heterocycles. The van der Waals surface area contributed by atoms with E-state index in [9.17, 15) is 4.79 Å². The Hall–Kier alpha value is -5.17. The standard InChI is InChI=1S/C35H34N4O3/c1-25(2)29-15-14-26(3)33(20-29)42-24-34(40)37-36-21-30-22-39(31-12-8-5-9-13-31)38-35(30)28-16-18-32(19-17-28)41-23-27-10-6-4-7-11-27/h4-22,25H,23-24H2,1-3H3,(H,37,40). The van der Waals surface area contributed by atoms with Crippen molar-refractivity contribution in [3.05, 3.63) is 132 Å². The second kappa shape index (κ2) is 13.5. The summed E-state index contributed by atoms with van der Waals surface area (Å²) in [7, 11) is 0. The van der Waals surface area contributed by atoms with Crippen LogP contribution in [0.15, 0.2) is 114 Å². The van der Waals surface area contributed by atoms with E-state index in [0.29, 0.717) is 18.3 Å². The van der Waals surface area contributed by atoms with Crippen LogP contribution in [0.2, 0.25) is 0 Å². The van der Waals surface area contributed by atoms with E-state index in [-0.39, 0.29) is 12.5 Å². The van der Waals surface area contributed by atoms with Gasteiger partial charge in [-0.15, -0.1) is 0 Å². The highest BCUT2D eigenvalue weighted by Crippen LogP contribution is 2.26. The third kappa shape index (κ3) is 7.31. The van der Waals surface area contributed by atoms with E-state index in [0.717, 1.165) is 44.9 Å². The number of benzene rings is 4. The molecule has 0 aliphatic rings. The summed E-state index contributed by atoms with van der Waals surface area (Å²) >= 11 is 0. The summed E-state index contributed by atoms with van der Waals surface area (Å²) in [6.45, 7) is 6.56. The molecular formula is C35H34N4O3. The lowest BCUT2D eigenvalue weighted by atomic mass is 10.0. The Balaban J connectivity index is 1.28. The minimum absolute atomic E-state index is 0.139. The Morgan fingerprint density at radius 2 is 1.64 bits per heavy atom. The fraction of sp³-hybridized carbons (Fsp3) is 0.171. The molecule has 42 heavy (non-hydrogen) atoms. The zero-order chi connectivity index (χ0) is 29.3. The van der Waals surface area contributed by atoms with Gasteiger partial charge in [0.2, 0.25) is 0 Å². The zero-order valence-electron chi connectivity index (χ0n) is 24.0. The van der Waals surface area contributed by atoms with Gasteiger partial charge in [-0.3, -0.25) is 4.79 Å². The maximum atomic E-state index is 12.5. The van der Waals surface area contributed by atoms with Gasteiger partial charge in [0, 0.05) is 17.3 Å². The van der Waals surface area contributed by atoms with Crippen molar-refractivity contribution in [2.75, 3.05) is 6.61 Å². The number of nitrogens with one attached hydrogen (secondary N) is 1. The van der Waals surface area contributed by atoms with Crippen molar-refractivity contribution in [3.63, 3.8) is 0 Å². The number of hydrogen-bond acceptors (Lipinski definition) is 5. The molecule has 1 aromatic heterocycles. The van der Waals surface area contributed by atoms with Crippen LogP contribution in [-0.4, -0.2) is 28.5 Å². The molecule has 0 bridgehead atoms. The predicted molar refractivity (Wildman–Crippen MR) is 166 cm³/mol. The van der Waals surface area contributed by atoms with Crippen LogP contribution in [0, 0.1) is 6.92 Å². The second-order valence-corrected chi connectivity index (χ2v) is 10.3. The van der Waals surface area contributed by atoms with Gasteiger partial charge in [0.15, 0.2) is 6.61 Å². The molecule has 1 amide bonds. The van der Waals surface area contributed by atoms with Crippen LogP contribution in [0.5, 0.6) is 11.5 Å². The van der Waals surface area contributed by atoms with E-state index < -0.39 is 0 Å². The molecule has 5 aromatic rings. The number of aromatic nitrogens is 2. The molecule has 0 spiro atoms. The van der Waals surface area contributed by atoms with E-state index in [1.165, 1.54) is 0 Å². The number of amides is 1. The first-order chi connectivity index (χ1) is 20.5. The molecule has 0 unspecified atom stereocenters. The van der Waals surface area contributed by atoms with Crippen LogP contribution in [0.3, 0.4) is 0 Å². The van der Waals surface area contributed by atoms with Gasteiger partial charge in [0.05, 0.1) is 11.9 Å². The lowest BCUT2D eigenvalue weighted by molar-refractivity contribution is -0.123. The minimum atomic E-state index is -0.350. The average molecular weight is 559 g/mol. The first kappa shape index (κ1) is 28.4. The van der Waals surface area contributed by atoms with Crippen LogP contribution in [0.4, 0.5) is 0 Å². The van der Waals surface area contributed by atoms with Crippen LogP contribution in [-0.2, 0) is 11.4 Å². The lowest BCUT2D eigenvalue weighted by Gasteiger charge is -2.12. The summed E-state index contributed by atoms with van der Waals surface area (Å²) in [4.78, 5) is 12.5. The van der Waals surface area contributed by atoms with Crippen molar-refractivity contribution in [1.82, 2.24) is 15.2 Å². The van der Waals surface area contributed by atoms with Gasteiger partial charge >= 0.3 is 0 Å². The maximum absolute atomic E-state index is 12.5. The molecule has 0 fully saturated rings. The second-order valence-electron chi connectivity index (χ2n) is 10.3. The van der Waals surface area contributed by atoms with Crippen molar-refractivity contribution in [2.45, 2.75) is 33.3 Å². The Labute approximate surface area is 246 Å². The summed E-state index contributed by atoms with van der Waals surface area (Å²) < 4.78 is 13.5. The molecule has 0 radical (unpaired) electrons. The van der Waals surface area contributed by atoms with Crippen LogP contribution >= 0.6 is 0 Å². The Morgan fingerprint density at radius 3 is 2.36 bits per heavy atom. The highest BCUT2D eigenvalue weighted by molar-refractivity contribution is 5.89. The molecule has 0 saturated carbocycles. The molecule has 5 rings (SSSR count). The summed E-state index contributed by atoms with van der Waals surface area (Å²) in [5, 5.41) is 9.04. The van der Waals surface area contributed by atoms with Crippen molar-refractivity contribution in [2.24, 2.45) is 5.10 Å².